The van der Waals surface area contributed by atoms with Gasteiger partial charge in [-0.3, -0.25) is 14.4 Å². The molecule has 1 atom stereocenters. The zero-order valence-electron chi connectivity index (χ0n) is 28.5. The summed E-state index contributed by atoms with van der Waals surface area (Å²) < 4.78 is 0. The summed E-state index contributed by atoms with van der Waals surface area (Å²) in [6.45, 7) is 12.9. The summed E-state index contributed by atoms with van der Waals surface area (Å²) in [4.78, 5) is 41.1. The van der Waals surface area contributed by atoms with E-state index in [-0.39, 0.29) is 28.8 Å². The maximum Gasteiger partial charge on any atom is 0.253 e. The molecule has 3 aromatic rings. The van der Waals surface area contributed by atoms with Crippen molar-refractivity contribution >= 4 is 17.6 Å². The Kier molecular flexibility index (Phi) is 12.3. The summed E-state index contributed by atoms with van der Waals surface area (Å²) in [6, 6.07) is 26.0. The first kappa shape index (κ1) is 35.1. The van der Waals surface area contributed by atoms with Crippen LogP contribution in [0.3, 0.4) is 0 Å². The normalized spacial score (nSPS) is 15.3. The molecule has 4 rings (SSSR count). The molecule has 1 saturated carbocycles. The predicted octanol–water partition coefficient (Wildman–Crippen LogP) is 7.61. The van der Waals surface area contributed by atoms with Crippen LogP contribution in [0.5, 0.6) is 0 Å². The van der Waals surface area contributed by atoms with Crippen LogP contribution in [0, 0.1) is 0 Å². The van der Waals surface area contributed by atoms with Gasteiger partial charge in [-0.25, -0.2) is 0 Å². The van der Waals surface area contributed by atoms with E-state index in [2.05, 4.69) is 81.7 Å². The van der Waals surface area contributed by atoms with E-state index >= 15 is 0 Å². The summed E-state index contributed by atoms with van der Waals surface area (Å²) in [5.74, 6) is 0.117. The Balaban J connectivity index is 1.52. The molecule has 6 nitrogen and oxygen atoms in total. The van der Waals surface area contributed by atoms with Crippen LogP contribution in [0.1, 0.15) is 117 Å². The topological polar surface area (TPSA) is 78.5 Å². The van der Waals surface area contributed by atoms with Crippen LogP contribution >= 0.6 is 0 Å². The van der Waals surface area contributed by atoms with Gasteiger partial charge in [0.15, 0.2) is 0 Å². The third-order valence-corrected chi connectivity index (χ3v) is 9.20. The van der Waals surface area contributed by atoms with Crippen LogP contribution in [0.2, 0.25) is 0 Å². The highest BCUT2D eigenvalue weighted by Crippen LogP contribution is 2.37. The number of nitrogens with one attached hydrogen (secondary N) is 2. The molecule has 1 aliphatic carbocycles. The number of benzene rings is 3. The Morgan fingerprint density at radius 2 is 1.50 bits per heavy atom. The average Bonchev–Trinajstić information content (AvgIpc) is 3.05. The zero-order chi connectivity index (χ0) is 33.2. The highest BCUT2D eigenvalue weighted by molar-refractivity contribution is 5.99. The minimum Gasteiger partial charge on any atom is -0.349 e. The number of amides is 2. The Morgan fingerprint density at radius 3 is 2.15 bits per heavy atom. The Hall–Kier alpha value is -3.77. The van der Waals surface area contributed by atoms with Gasteiger partial charge >= 0.3 is 0 Å². The number of ketones is 1. The van der Waals surface area contributed by atoms with Crippen LogP contribution in [0.4, 0.5) is 0 Å². The number of rotatable bonds is 14. The predicted molar refractivity (Wildman–Crippen MR) is 187 cm³/mol. The summed E-state index contributed by atoms with van der Waals surface area (Å²) in [7, 11) is 0. The molecule has 0 radical (unpaired) electrons. The van der Waals surface area contributed by atoms with E-state index in [0.717, 1.165) is 31.2 Å². The number of Topliss-reactive ketones (excluding diaryl/α,β-unsaturated/α-hetero) is 1. The molecular weight excluding hydrogens is 570 g/mol. The fourth-order valence-electron chi connectivity index (χ4n) is 6.52. The van der Waals surface area contributed by atoms with E-state index in [1.165, 1.54) is 11.1 Å². The third-order valence-electron chi connectivity index (χ3n) is 9.20. The van der Waals surface area contributed by atoms with Crippen LogP contribution in [0.15, 0.2) is 78.9 Å². The highest BCUT2D eigenvalue weighted by Gasteiger charge is 2.36. The van der Waals surface area contributed by atoms with E-state index < -0.39 is 0 Å². The van der Waals surface area contributed by atoms with Crippen molar-refractivity contribution in [3.63, 3.8) is 0 Å². The first-order chi connectivity index (χ1) is 22.0. The smallest absolute Gasteiger partial charge is 0.253 e. The van der Waals surface area contributed by atoms with E-state index in [1.807, 2.05) is 23.1 Å². The van der Waals surface area contributed by atoms with Crippen molar-refractivity contribution in [3.8, 4) is 0 Å². The fourth-order valence-corrected chi connectivity index (χ4v) is 6.52. The first-order valence-corrected chi connectivity index (χ1v) is 17.2. The molecule has 2 N–H and O–H groups in total. The molecule has 3 aromatic carbocycles. The molecule has 6 heteroatoms. The van der Waals surface area contributed by atoms with Gasteiger partial charge in [-0.15, -0.1) is 0 Å². The molecule has 0 bridgehead atoms. The van der Waals surface area contributed by atoms with Gasteiger partial charge < -0.3 is 15.5 Å². The molecule has 0 unspecified atom stereocenters. The van der Waals surface area contributed by atoms with Crippen LogP contribution in [-0.2, 0) is 22.2 Å². The molecular formula is C40H53N3O3. The van der Waals surface area contributed by atoms with Gasteiger partial charge in [-0.05, 0) is 85.4 Å². The highest BCUT2D eigenvalue weighted by atomic mass is 16.2. The van der Waals surface area contributed by atoms with Gasteiger partial charge in [0, 0.05) is 48.6 Å². The molecule has 246 valence electrons. The number of hydrogen-bond donors (Lipinski definition) is 2. The number of nitrogens with zero attached hydrogens (tertiary/aromatic N) is 1. The summed E-state index contributed by atoms with van der Waals surface area (Å²) in [5, 5.41) is 7.18. The minimum absolute atomic E-state index is 0.0267. The maximum atomic E-state index is 13.7. The lowest BCUT2D eigenvalue weighted by Crippen LogP contribution is -2.47. The lowest BCUT2D eigenvalue weighted by molar-refractivity contribution is -0.121. The summed E-state index contributed by atoms with van der Waals surface area (Å²) in [5.41, 5.74) is 4.45. The van der Waals surface area contributed by atoms with Gasteiger partial charge in [0.25, 0.3) is 11.8 Å². The molecule has 0 aliphatic heterocycles. The van der Waals surface area contributed by atoms with Gasteiger partial charge in [0.05, 0.1) is 0 Å². The van der Waals surface area contributed by atoms with Crippen molar-refractivity contribution in [2.45, 2.75) is 103 Å². The van der Waals surface area contributed by atoms with Crippen molar-refractivity contribution in [2.24, 2.45) is 0 Å². The van der Waals surface area contributed by atoms with E-state index in [1.54, 1.807) is 24.3 Å². The largest absolute Gasteiger partial charge is 0.349 e. The molecule has 0 saturated heterocycles. The average molecular weight is 624 g/mol. The number of hydrogen-bond acceptors (Lipinski definition) is 4. The quantitative estimate of drug-likeness (QED) is 0.194. The van der Waals surface area contributed by atoms with Crippen LogP contribution < -0.4 is 10.6 Å². The SMILES string of the molecule is CCCN(CCC)C(=O)c1cccc(C(=O)N[C@H](CCNC2(c3cccc(C(C)(C)C)c3)CCC(=O)CC2)Cc2ccccc2)c1. The number of carbonyl (C=O) groups excluding carboxylic acids is 3. The second-order valence-corrected chi connectivity index (χ2v) is 13.9. The summed E-state index contributed by atoms with van der Waals surface area (Å²) in [6.07, 6.45) is 5.86. The van der Waals surface area contributed by atoms with Gasteiger partial charge in [-0.2, -0.15) is 0 Å². The van der Waals surface area contributed by atoms with Crippen molar-refractivity contribution < 1.29 is 14.4 Å². The van der Waals surface area contributed by atoms with Crippen molar-refractivity contribution in [3.05, 3.63) is 107 Å². The second-order valence-electron chi connectivity index (χ2n) is 13.9. The molecule has 0 spiro atoms. The molecule has 0 heterocycles. The molecule has 2 amide bonds. The molecule has 1 aliphatic rings. The first-order valence-electron chi connectivity index (χ1n) is 17.2. The Morgan fingerprint density at radius 1 is 0.848 bits per heavy atom. The monoisotopic (exact) mass is 623 g/mol. The van der Waals surface area contributed by atoms with Gasteiger partial charge in [0.2, 0.25) is 0 Å². The second kappa shape index (κ2) is 16.2. The summed E-state index contributed by atoms with van der Waals surface area (Å²) >= 11 is 0. The molecule has 1 fully saturated rings. The van der Waals surface area contributed by atoms with E-state index in [9.17, 15) is 14.4 Å². The van der Waals surface area contributed by atoms with Crippen LogP contribution in [0.25, 0.3) is 0 Å². The third kappa shape index (κ3) is 9.38. The lowest BCUT2D eigenvalue weighted by Gasteiger charge is -2.39. The number of carbonyl (C=O) groups is 3. The lowest BCUT2D eigenvalue weighted by atomic mass is 9.74. The Bertz CT molecular complexity index is 1440. The standard InChI is InChI=1S/C40H53N3O3/c1-6-25-43(26-7-2)38(46)32-16-11-15-31(28-32)37(45)42-35(27-30-13-9-8-10-14-30)21-24-41-40(22-19-36(44)20-23-40)34-18-12-17-33(29-34)39(3,4)5/h8-18,28-29,35,41H,6-7,19-27H2,1-5H3,(H,42,45)/t35-/m1/s1. The van der Waals surface area contributed by atoms with Crippen molar-refractivity contribution in [2.75, 3.05) is 19.6 Å². The van der Waals surface area contributed by atoms with Crippen LogP contribution in [-0.4, -0.2) is 48.2 Å². The van der Waals surface area contributed by atoms with Gasteiger partial charge in [0.1, 0.15) is 5.78 Å². The van der Waals surface area contributed by atoms with E-state index in [4.69, 9.17) is 0 Å². The fraction of sp³-hybridized carbons (Fsp3) is 0.475. The van der Waals surface area contributed by atoms with Crippen molar-refractivity contribution in [1.82, 2.24) is 15.5 Å². The molecule has 0 aromatic heterocycles. The molecule has 46 heavy (non-hydrogen) atoms. The maximum absolute atomic E-state index is 13.7. The zero-order valence-corrected chi connectivity index (χ0v) is 28.5. The van der Waals surface area contributed by atoms with E-state index in [0.29, 0.717) is 62.2 Å². The van der Waals surface area contributed by atoms with Gasteiger partial charge in [-0.1, -0.05) is 95.3 Å². The minimum atomic E-state index is -0.284. The van der Waals surface area contributed by atoms with Crippen molar-refractivity contribution in [1.29, 1.82) is 0 Å². The Labute approximate surface area is 276 Å².